The van der Waals surface area contributed by atoms with Crippen molar-refractivity contribution in [1.29, 1.82) is 0 Å². The van der Waals surface area contributed by atoms with Crippen LogP contribution in [0.2, 0.25) is 0 Å². The first kappa shape index (κ1) is 19.1. The highest BCUT2D eigenvalue weighted by atomic mass is 32.1. The molecule has 0 aliphatic rings. The quantitative estimate of drug-likeness (QED) is 0.389. The van der Waals surface area contributed by atoms with Crippen molar-refractivity contribution in [1.82, 2.24) is 15.0 Å². The molecule has 4 nitrogen and oxygen atoms in total. The third-order valence-corrected chi connectivity index (χ3v) is 5.10. The lowest BCUT2D eigenvalue weighted by Gasteiger charge is -2.08. The fourth-order valence-electron chi connectivity index (χ4n) is 2.66. The van der Waals surface area contributed by atoms with Crippen LogP contribution in [0.25, 0.3) is 21.8 Å². The molecular weight excluding hydrogens is 399 g/mol. The maximum absolute atomic E-state index is 12.6. The first-order chi connectivity index (χ1) is 13.9. The number of ether oxygens (including phenoxy) is 1. The van der Waals surface area contributed by atoms with Gasteiger partial charge in [0, 0.05) is 41.2 Å². The molecule has 1 aromatic carbocycles. The number of aromatic nitrogens is 3. The summed E-state index contributed by atoms with van der Waals surface area (Å²) in [5, 5.41) is 2.83. The van der Waals surface area contributed by atoms with E-state index in [1.165, 1.54) is 17.4 Å². The Kier molecular flexibility index (Phi) is 5.02. The number of hydrogen-bond donors (Lipinski definition) is 0. The molecule has 0 radical (unpaired) electrons. The van der Waals surface area contributed by atoms with E-state index in [4.69, 9.17) is 4.74 Å². The average molecular weight is 413 g/mol. The Morgan fingerprint density at radius 2 is 1.76 bits per heavy atom. The highest BCUT2D eigenvalue weighted by molar-refractivity contribution is 7.13. The van der Waals surface area contributed by atoms with Crippen LogP contribution in [0.4, 0.5) is 13.2 Å². The van der Waals surface area contributed by atoms with Crippen LogP contribution in [0.1, 0.15) is 11.1 Å². The molecule has 0 amide bonds. The molecule has 0 bridgehead atoms. The van der Waals surface area contributed by atoms with E-state index in [-0.39, 0.29) is 5.88 Å². The molecule has 0 atom stereocenters. The van der Waals surface area contributed by atoms with E-state index in [0.717, 1.165) is 39.7 Å². The summed E-state index contributed by atoms with van der Waals surface area (Å²) in [5.41, 5.74) is 3.05. The molecule has 3 aromatic heterocycles. The second-order valence-corrected chi connectivity index (χ2v) is 7.10. The smallest absolute Gasteiger partial charge is 0.417 e. The number of alkyl halides is 3. The van der Waals surface area contributed by atoms with Gasteiger partial charge < -0.3 is 4.74 Å². The first-order valence-corrected chi connectivity index (χ1v) is 9.46. The zero-order valence-corrected chi connectivity index (χ0v) is 16.0. The van der Waals surface area contributed by atoms with Crippen molar-refractivity contribution in [2.45, 2.75) is 13.1 Å². The van der Waals surface area contributed by atoms with Crippen molar-refractivity contribution in [3.63, 3.8) is 0 Å². The Balaban J connectivity index is 1.49. The molecule has 0 spiro atoms. The third kappa shape index (κ3) is 4.27. The van der Waals surface area contributed by atoms with Gasteiger partial charge in [-0.15, -0.1) is 11.3 Å². The lowest BCUT2D eigenvalue weighted by Crippen LogP contribution is -2.05. The van der Waals surface area contributed by atoms with E-state index in [0.29, 0.717) is 5.75 Å². The largest absolute Gasteiger partial charge is 0.439 e. The van der Waals surface area contributed by atoms with E-state index in [2.05, 4.69) is 15.0 Å². The second kappa shape index (κ2) is 7.63. The van der Waals surface area contributed by atoms with Crippen LogP contribution in [0, 0.1) is 6.92 Å². The molecule has 4 aromatic rings. The fourth-order valence-corrected chi connectivity index (χ4v) is 3.48. The van der Waals surface area contributed by atoms with Crippen LogP contribution in [-0.4, -0.2) is 15.0 Å². The summed E-state index contributed by atoms with van der Waals surface area (Å²) < 4.78 is 43.3. The summed E-state index contributed by atoms with van der Waals surface area (Å²) in [6, 6.07) is 11.2. The van der Waals surface area contributed by atoms with Gasteiger partial charge in [0.25, 0.3) is 0 Å². The Morgan fingerprint density at radius 1 is 0.966 bits per heavy atom. The summed E-state index contributed by atoms with van der Waals surface area (Å²) in [5.74, 6) is 0.565. The lowest BCUT2D eigenvalue weighted by atomic mass is 10.1. The van der Waals surface area contributed by atoms with Crippen molar-refractivity contribution in [2.24, 2.45) is 0 Å². The van der Waals surface area contributed by atoms with Gasteiger partial charge >= 0.3 is 6.18 Å². The molecule has 8 heteroatoms. The van der Waals surface area contributed by atoms with Crippen LogP contribution < -0.4 is 4.74 Å². The van der Waals surface area contributed by atoms with Crippen molar-refractivity contribution < 1.29 is 17.9 Å². The zero-order chi connectivity index (χ0) is 20.4. The van der Waals surface area contributed by atoms with Gasteiger partial charge in [-0.1, -0.05) is 0 Å². The Morgan fingerprint density at radius 3 is 2.41 bits per heavy atom. The lowest BCUT2D eigenvalue weighted by molar-refractivity contribution is -0.137. The standard InChI is InChI=1S/C21H14F3N3OS/c1-13-8-9-25-11-17(13)18-12-29-20(27-18)14-2-5-16(6-3-14)28-19-7-4-15(10-26-19)21(22,23)24/h2-12H,1H3. The van der Waals surface area contributed by atoms with Crippen molar-refractivity contribution in [3.05, 3.63) is 77.6 Å². The summed E-state index contributed by atoms with van der Waals surface area (Å²) in [7, 11) is 0. The Bertz CT molecular complexity index is 1120. The molecule has 146 valence electrons. The second-order valence-electron chi connectivity index (χ2n) is 6.24. The minimum absolute atomic E-state index is 0.0920. The predicted molar refractivity (Wildman–Crippen MR) is 105 cm³/mol. The molecular formula is C21H14F3N3OS. The molecule has 0 unspecified atom stereocenters. The van der Waals surface area contributed by atoms with Crippen LogP contribution in [0.3, 0.4) is 0 Å². The molecule has 0 saturated carbocycles. The number of hydrogen-bond acceptors (Lipinski definition) is 5. The van der Waals surface area contributed by atoms with E-state index < -0.39 is 11.7 Å². The maximum atomic E-state index is 12.6. The van der Waals surface area contributed by atoms with Crippen molar-refractivity contribution in [2.75, 3.05) is 0 Å². The molecule has 0 fully saturated rings. The van der Waals surface area contributed by atoms with Gasteiger partial charge in [-0.3, -0.25) is 4.98 Å². The van der Waals surface area contributed by atoms with E-state index in [9.17, 15) is 13.2 Å². The summed E-state index contributed by atoms with van der Waals surface area (Å²) in [6.45, 7) is 2.01. The number of aryl methyl sites for hydroxylation is 1. The Hall–Kier alpha value is -3.26. The first-order valence-electron chi connectivity index (χ1n) is 8.58. The predicted octanol–water partition coefficient (Wildman–Crippen LogP) is 6.39. The van der Waals surface area contributed by atoms with Gasteiger partial charge in [-0.25, -0.2) is 9.97 Å². The normalized spacial score (nSPS) is 11.4. The van der Waals surface area contributed by atoms with E-state index in [1.54, 1.807) is 24.5 Å². The molecule has 3 heterocycles. The van der Waals surface area contributed by atoms with Gasteiger partial charge in [0.05, 0.1) is 11.3 Å². The highest BCUT2D eigenvalue weighted by Gasteiger charge is 2.30. The topological polar surface area (TPSA) is 47.9 Å². The van der Waals surface area contributed by atoms with Gasteiger partial charge in [0.2, 0.25) is 5.88 Å². The Labute approximate surface area is 168 Å². The molecule has 0 saturated heterocycles. The molecule has 0 aliphatic carbocycles. The van der Waals surface area contributed by atoms with Gasteiger partial charge in [-0.2, -0.15) is 13.2 Å². The summed E-state index contributed by atoms with van der Waals surface area (Å²) in [4.78, 5) is 12.5. The van der Waals surface area contributed by atoms with Crippen molar-refractivity contribution >= 4 is 11.3 Å². The summed E-state index contributed by atoms with van der Waals surface area (Å²) in [6.07, 6.45) is -0.131. The fraction of sp³-hybridized carbons (Fsp3) is 0.0952. The van der Waals surface area contributed by atoms with Crippen LogP contribution in [-0.2, 0) is 6.18 Å². The number of nitrogens with zero attached hydrogens (tertiary/aromatic N) is 3. The maximum Gasteiger partial charge on any atom is 0.417 e. The average Bonchev–Trinajstić information content (AvgIpc) is 3.19. The van der Waals surface area contributed by atoms with Crippen molar-refractivity contribution in [3.8, 4) is 33.5 Å². The minimum atomic E-state index is -4.42. The van der Waals surface area contributed by atoms with Crippen LogP contribution in [0.15, 0.2) is 66.4 Å². The van der Waals surface area contributed by atoms with Gasteiger partial charge in [0.15, 0.2) is 0 Å². The van der Waals surface area contributed by atoms with E-state index in [1.807, 2.05) is 30.5 Å². The monoisotopic (exact) mass is 413 g/mol. The third-order valence-electron chi connectivity index (χ3n) is 4.21. The molecule has 0 aliphatic heterocycles. The zero-order valence-electron chi connectivity index (χ0n) is 15.1. The van der Waals surface area contributed by atoms with E-state index >= 15 is 0 Å². The minimum Gasteiger partial charge on any atom is -0.439 e. The number of benzene rings is 1. The van der Waals surface area contributed by atoms with Gasteiger partial charge in [0.1, 0.15) is 10.8 Å². The highest BCUT2D eigenvalue weighted by Crippen LogP contribution is 2.32. The summed E-state index contributed by atoms with van der Waals surface area (Å²) >= 11 is 1.52. The number of halogens is 3. The number of thiazole rings is 1. The molecule has 0 N–H and O–H groups in total. The SMILES string of the molecule is Cc1ccncc1-c1csc(-c2ccc(Oc3ccc(C(F)(F)F)cn3)cc2)n1. The number of rotatable bonds is 4. The number of pyridine rings is 2. The van der Waals surface area contributed by atoms with Crippen LogP contribution in [0.5, 0.6) is 11.6 Å². The van der Waals surface area contributed by atoms with Gasteiger partial charge in [-0.05, 0) is 48.9 Å². The molecule has 29 heavy (non-hydrogen) atoms. The van der Waals surface area contributed by atoms with Crippen LogP contribution >= 0.6 is 11.3 Å². The molecule has 4 rings (SSSR count).